The van der Waals surface area contributed by atoms with Crippen LogP contribution in [0.1, 0.15) is 5.56 Å². The summed E-state index contributed by atoms with van der Waals surface area (Å²) in [5.41, 5.74) is 3.00. The van der Waals surface area contributed by atoms with Crippen molar-refractivity contribution in [2.45, 2.75) is 6.42 Å². The highest BCUT2D eigenvalue weighted by Crippen LogP contribution is 2.25. The highest BCUT2D eigenvalue weighted by Gasteiger charge is 2.07. The Labute approximate surface area is 168 Å². The van der Waals surface area contributed by atoms with Crippen LogP contribution in [0.4, 0.5) is 0 Å². The molecule has 0 atom stereocenters. The average molecular weight is 390 g/mol. The smallest absolute Gasteiger partial charge is 0.136 e. The maximum absolute atomic E-state index is 6.21. The van der Waals surface area contributed by atoms with Gasteiger partial charge in [0.25, 0.3) is 0 Å². The van der Waals surface area contributed by atoms with Gasteiger partial charge in [0.15, 0.2) is 0 Å². The minimum Gasteiger partial charge on any atom is -0.497 e. The molecular formula is C24H20ClNO2. The predicted octanol–water partition coefficient (Wildman–Crippen LogP) is 5.91. The minimum atomic E-state index is 0.666. The number of hydrogen-bond donors (Lipinski definition) is 0. The second kappa shape index (κ2) is 8.32. The summed E-state index contributed by atoms with van der Waals surface area (Å²) >= 11 is 6.21. The van der Waals surface area contributed by atoms with Crippen LogP contribution in [0, 0.1) is 0 Å². The number of nitrogens with zero attached hydrogens (tertiary/aromatic N) is 1. The van der Waals surface area contributed by atoms with Crippen molar-refractivity contribution in [1.82, 2.24) is 0 Å². The lowest BCUT2D eigenvalue weighted by atomic mass is 10.1. The second-order valence-electron chi connectivity index (χ2n) is 6.48. The molecule has 0 fully saturated rings. The monoisotopic (exact) mass is 389 g/mol. The summed E-state index contributed by atoms with van der Waals surface area (Å²) in [6, 6.07) is 25.8. The zero-order chi connectivity index (χ0) is 19.3. The molecule has 0 N–H and O–H groups in total. The standard InChI is InChI=1S/C24H20ClNO2/c1-27-20-10-7-18(8-11-20)24-16-22(21-15-19(25)9-12-23(21)28-24)26-14-13-17-5-3-2-4-6-17/h2-12,15-16H,13-14H2,1H3. The zero-order valence-corrected chi connectivity index (χ0v) is 16.3. The minimum absolute atomic E-state index is 0.666. The van der Waals surface area contributed by atoms with E-state index in [2.05, 4.69) is 12.1 Å². The maximum atomic E-state index is 6.21. The first kappa shape index (κ1) is 18.3. The Balaban J connectivity index is 1.75. The Bertz CT molecular complexity index is 1150. The molecule has 28 heavy (non-hydrogen) atoms. The fourth-order valence-electron chi connectivity index (χ4n) is 3.12. The van der Waals surface area contributed by atoms with Crippen LogP contribution in [0.2, 0.25) is 5.02 Å². The molecule has 0 aliphatic rings. The highest BCUT2D eigenvalue weighted by molar-refractivity contribution is 6.31. The molecule has 0 unspecified atom stereocenters. The molecule has 0 spiro atoms. The van der Waals surface area contributed by atoms with Crippen molar-refractivity contribution in [2.24, 2.45) is 4.99 Å². The molecule has 3 aromatic carbocycles. The summed E-state index contributed by atoms with van der Waals surface area (Å²) in [7, 11) is 1.66. The number of benzene rings is 3. The van der Waals surface area contributed by atoms with E-state index >= 15 is 0 Å². The largest absolute Gasteiger partial charge is 0.497 e. The van der Waals surface area contributed by atoms with Crippen LogP contribution in [0.15, 0.2) is 88.3 Å². The first-order valence-electron chi connectivity index (χ1n) is 9.15. The lowest BCUT2D eigenvalue weighted by molar-refractivity contribution is 0.415. The van der Waals surface area contributed by atoms with Gasteiger partial charge in [-0.1, -0.05) is 41.9 Å². The van der Waals surface area contributed by atoms with Crippen molar-refractivity contribution >= 4 is 22.6 Å². The van der Waals surface area contributed by atoms with Gasteiger partial charge in [0, 0.05) is 28.6 Å². The van der Waals surface area contributed by atoms with Crippen molar-refractivity contribution in [1.29, 1.82) is 0 Å². The molecule has 4 rings (SSSR count). The van der Waals surface area contributed by atoms with Gasteiger partial charge in [0.2, 0.25) is 0 Å². The number of ether oxygens (including phenoxy) is 1. The molecule has 0 aliphatic heterocycles. The molecule has 1 aromatic heterocycles. The Morgan fingerprint density at radius 3 is 2.46 bits per heavy atom. The van der Waals surface area contributed by atoms with Crippen molar-refractivity contribution in [3.05, 3.63) is 94.8 Å². The van der Waals surface area contributed by atoms with E-state index in [0.29, 0.717) is 11.6 Å². The summed E-state index contributed by atoms with van der Waals surface area (Å²) in [5, 5.41) is 2.46. The van der Waals surface area contributed by atoms with Gasteiger partial charge in [-0.2, -0.15) is 0 Å². The molecule has 0 amide bonds. The summed E-state index contributed by atoms with van der Waals surface area (Å²) in [4.78, 5) is 4.85. The summed E-state index contributed by atoms with van der Waals surface area (Å²) in [6.45, 7) is 0.692. The van der Waals surface area contributed by atoms with E-state index in [4.69, 9.17) is 25.7 Å². The van der Waals surface area contributed by atoms with Crippen LogP contribution in [-0.4, -0.2) is 13.7 Å². The van der Waals surface area contributed by atoms with Gasteiger partial charge in [-0.15, -0.1) is 0 Å². The van der Waals surface area contributed by atoms with E-state index in [1.807, 2.05) is 66.7 Å². The van der Waals surface area contributed by atoms with Crippen molar-refractivity contribution in [3.63, 3.8) is 0 Å². The number of rotatable bonds is 5. The van der Waals surface area contributed by atoms with Gasteiger partial charge in [0.1, 0.15) is 17.1 Å². The Morgan fingerprint density at radius 1 is 0.929 bits per heavy atom. The fraction of sp³-hybridized carbons (Fsp3) is 0.125. The quantitative estimate of drug-likeness (QED) is 0.425. The summed E-state index contributed by atoms with van der Waals surface area (Å²) in [6.07, 6.45) is 0.882. The summed E-state index contributed by atoms with van der Waals surface area (Å²) in [5.74, 6) is 1.57. The van der Waals surface area contributed by atoms with Gasteiger partial charge in [-0.25, -0.2) is 0 Å². The van der Waals surface area contributed by atoms with Crippen LogP contribution >= 0.6 is 11.6 Å². The second-order valence-corrected chi connectivity index (χ2v) is 6.92. The molecular weight excluding hydrogens is 370 g/mol. The zero-order valence-electron chi connectivity index (χ0n) is 15.6. The van der Waals surface area contributed by atoms with Gasteiger partial charge in [-0.3, -0.25) is 4.99 Å². The number of fused-ring (bicyclic) bond motifs is 1. The molecule has 0 saturated heterocycles. The topological polar surface area (TPSA) is 34.7 Å². The van der Waals surface area contributed by atoms with Crippen LogP contribution < -0.4 is 10.1 Å². The maximum Gasteiger partial charge on any atom is 0.136 e. The third-order valence-corrected chi connectivity index (χ3v) is 4.84. The van der Waals surface area contributed by atoms with Crippen LogP contribution in [0.25, 0.3) is 22.3 Å². The van der Waals surface area contributed by atoms with E-state index in [9.17, 15) is 0 Å². The number of halogens is 1. The van der Waals surface area contributed by atoms with Crippen molar-refractivity contribution in [2.75, 3.05) is 13.7 Å². The Morgan fingerprint density at radius 2 is 1.71 bits per heavy atom. The van der Waals surface area contributed by atoms with Gasteiger partial charge in [-0.05, 0) is 54.4 Å². The Kier molecular flexibility index (Phi) is 5.45. The van der Waals surface area contributed by atoms with E-state index in [-0.39, 0.29) is 0 Å². The lowest BCUT2D eigenvalue weighted by Gasteiger charge is -2.07. The van der Waals surface area contributed by atoms with E-state index < -0.39 is 0 Å². The number of hydrogen-bond acceptors (Lipinski definition) is 3. The van der Waals surface area contributed by atoms with Gasteiger partial charge >= 0.3 is 0 Å². The predicted molar refractivity (Wildman–Crippen MR) is 114 cm³/mol. The highest BCUT2D eigenvalue weighted by atomic mass is 35.5. The molecule has 0 saturated carbocycles. The summed E-state index contributed by atoms with van der Waals surface area (Å²) < 4.78 is 11.4. The molecule has 4 aromatic rings. The van der Waals surface area contributed by atoms with Crippen LogP contribution in [0.3, 0.4) is 0 Å². The average Bonchev–Trinajstić information content (AvgIpc) is 2.74. The van der Waals surface area contributed by atoms with E-state index in [1.165, 1.54) is 5.56 Å². The Hall–Kier alpha value is -3.04. The first-order chi connectivity index (χ1) is 13.7. The van der Waals surface area contributed by atoms with Crippen molar-refractivity contribution < 1.29 is 9.15 Å². The number of methoxy groups -OCH3 is 1. The van der Waals surface area contributed by atoms with E-state index in [0.717, 1.165) is 39.8 Å². The van der Waals surface area contributed by atoms with Crippen molar-refractivity contribution in [3.8, 4) is 17.1 Å². The molecule has 0 radical (unpaired) electrons. The van der Waals surface area contributed by atoms with Gasteiger partial charge < -0.3 is 9.15 Å². The first-order valence-corrected chi connectivity index (χ1v) is 9.53. The SMILES string of the molecule is COc1ccc(-c2cc(=NCCc3ccccc3)c3cc(Cl)ccc3o2)cc1. The molecule has 140 valence electrons. The fourth-order valence-corrected chi connectivity index (χ4v) is 3.29. The third kappa shape index (κ3) is 4.10. The molecule has 0 bridgehead atoms. The molecule has 4 heteroatoms. The lowest BCUT2D eigenvalue weighted by Crippen LogP contribution is -2.06. The third-order valence-electron chi connectivity index (χ3n) is 4.61. The molecule has 0 aliphatic carbocycles. The normalized spacial score (nSPS) is 11.7. The van der Waals surface area contributed by atoms with Crippen LogP contribution in [0.5, 0.6) is 5.75 Å². The van der Waals surface area contributed by atoms with Gasteiger partial charge in [0.05, 0.1) is 12.5 Å². The van der Waals surface area contributed by atoms with E-state index in [1.54, 1.807) is 7.11 Å². The molecule has 1 heterocycles. The van der Waals surface area contributed by atoms with Crippen LogP contribution in [-0.2, 0) is 6.42 Å². The molecule has 3 nitrogen and oxygen atoms in total.